The zero-order valence-electron chi connectivity index (χ0n) is 7.58. The highest BCUT2D eigenvalue weighted by Crippen LogP contribution is 2.10. The molecule has 0 aliphatic carbocycles. The van der Waals surface area contributed by atoms with Gasteiger partial charge >= 0.3 is 5.97 Å². The van der Waals surface area contributed by atoms with Gasteiger partial charge < -0.3 is 4.74 Å². The maximum absolute atomic E-state index is 11.0. The Hall–Kier alpha value is -0.570. The van der Waals surface area contributed by atoms with Crippen LogP contribution in [0.4, 0.5) is 0 Å². The Labute approximate surface area is 73.5 Å². The summed E-state index contributed by atoms with van der Waals surface area (Å²) in [7, 11) is 0. The smallest absolute Gasteiger partial charge is 0.307 e. The molecule has 1 saturated heterocycles. The number of rotatable bonds is 3. The summed E-state index contributed by atoms with van der Waals surface area (Å²) in [4.78, 5) is 11.0. The number of carbonyl (C=O) groups excluding carboxylic acids is 1. The van der Waals surface area contributed by atoms with E-state index in [0.717, 1.165) is 32.2 Å². The van der Waals surface area contributed by atoms with Crippen LogP contribution in [0.5, 0.6) is 0 Å². The number of ether oxygens (including phenoxy) is 1. The van der Waals surface area contributed by atoms with Crippen molar-refractivity contribution < 1.29 is 9.53 Å². The predicted molar refractivity (Wildman–Crippen MR) is 45.6 cm³/mol. The molecular weight excluding hydrogens is 154 g/mol. The van der Waals surface area contributed by atoms with Crippen molar-refractivity contribution in [2.75, 3.05) is 6.54 Å². The minimum absolute atomic E-state index is 0.104. The molecule has 3 nitrogen and oxygen atoms in total. The molecule has 1 heterocycles. The topological polar surface area (TPSA) is 40.4 Å². The molecule has 1 atom stereocenters. The summed E-state index contributed by atoms with van der Waals surface area (Å²) in [5.74, 6) is -0.104. The van der Waals surface area contributed by atoms with Gasteiger partial charge in [-0.15, -0.1) is 0 Å². The van der Waals surface area contributed by atoms with E-state index in [4.69, 9.17) is 4.74 Å². The van der Waals surface area contributed by atoms with Gasteiger partial charge in [-0.05, 0) is 25.7 Å². The maximum Gasteiger partial charge on any atom is 0.307 e. The second kappa shape index (κ2) is 5.14. The quantitative estimate of drug-likeness (QED) is 0.601. The molecule has 69 valence electrons. The summed E-state index contributed by atoms with van der Waals surface area (Å²) in [5.41, 5.74) is 0. The maximum atomic E-state index is 11.0. The number of esters is 1. The second-order valence-electron chi connectivity index (χ2n) is 3.10. The highest BCUT2D eigenvalue weighted by atomic mass is 16.6. The molecular formula is C9H16NO2. The van der Waals surface area contributed by atoms with E-state index < -0.39 is 0 Å². The molecule has 0 saturated carbocycles. The average Bonchev–Trinajstić information content (AvgIpc) is 2.06. The Morgan fingerprint density at radius 2 is 2.42 bits per heavy atom. The van der Waals surface area contributed by atoms with Gasteiger partial charge in [-0.25, -0.2) is 5.32 Å². The third-order valence-corrected chi connectivity index (χ3v) is 1.91. The molecule has 0 spiro atoms. The fourth-order valence-electron chi connectivity index (χ4n) is 1.27. The molecule has 12 heavy (non-hydrogen) atoms. The Balaban J connectivity index is 2.15. The third kappa shape index (κ3) is 3.22. The van der Waals surface area contributed by atoms with Crippen molar-refractivity contribution in [2.45, 2.75) is 45.3 Å². The van der Waals surface area contributed by atoms with Gasteiger partial charge in [0.2, 0.25) is 0 Å². The van der Waals surface area contributed by atoms with Gasteiger partial charge in [-0.2, -0.15) is 0 Å². The lowest BCUT2D eigenvalue weighted by Crippen LogP contribution is -2.32. The molecule has 0 amide bonds. The van der Waals surface area contributed by atoms with Crippen LogP contribution in [0.1, 0.15) is 39.0 Å². The van der Waals surface area contributed by atoms with Crippen molar-refractivity contribution in [3.63, 3.8) is 0 Å². The van der Waals surface area contributed by atoms with Gasteiger partial charge in [0, 0.05) is 13.0 Å². The number of piperidine rings is 1. The Morgan fingerprint density at radius 1 is 1.58 bits per heavy atom. The molecule has 0 N–H and O–H groups in total. The van der Waals surface area contributed by atoms with E-state index >= 15 is 0 Å². The van der Waals surface area contributed by atoms with Crippen molar-refractivity contribution in [2.24, 2.45) is 0 Å². The van der Waals surface area contributed by atoms with Crippen LogP contribution < -0.4 is 5.32 Å². The van der Waals surface area contributed by atoms with E-state index in [2.05, 4.69) is 5.32 Å². The number of hydrogen-bond donors (Lipinski definition) is 0. The zero-order valence-corrected chi connectivity index (χ0v) is 7.58. The van der Waals surface area contributed by atoms with Gasteiger partial charge in [0.25, 0.3) is 0 Å². The lowest BCUT2D eigenvalue weighted by molar-refractivity contribution is -0.152. The number of hydrogen-bond acceptors (Lipinski definition) is 2. The van der Waals surface area contributed by atoms with Crippen molar-refractivity contribution in [1.29, 1.82) is 0 Å². The van der Waals surface area contributed by atoms with Crippen LogP contribution >= 0.6 is 0 Å². The molecule has 0 bridgehead atoms. The van der Waals surface area contributed by atoms with E-state index in [1.165, 1.54) is 0 Å². The first kappa shape index (κ1) is 9.52. The third-order valence-electron chi connectivity index (χ3n) is 1.91. The van der Waals surface area contributed by atoms with E-state index in [0.29, 0.717) is 6.42 Å². The summed E-state index contributed by atoms with van der Waals surface area (Å²) in [6, 6.07) is 0. The summed E-state index contributed by atoms with van der Waals surface area (Å²) >= 11 is 0. The van der Waals surface area contributed by atoms with E-state index in [1.54, 1.807) is 0 Å². The van der Waals surface area contributed by atoms with E-state index in [-0.39, 0.29) is 12.2 Å². The molecule has 3 heteroatoms. The first-order valence-electron chi connectivity index (χ1n) is 4.69. The molecule has 1 aliphatic heterocycles. The van der Waals surface area contributed by atoms with Crippen molar-refractivity contribution in [1.82, 2.24) is 5.32 Å². The largest absolute Gasteiger partial charge is 0.445 e. The summed E-state index contributed by atoms with van der Waals surface area (Å²) in [5, 5.41) is 4.21. The molecule has 1 radical (unpaired) electrons. The van der Waals surface area contributed by atoms with Gasteiger partial charge in [-0.3, -0.25) is 4.79 Å². The monoisotopic (exact) mass is 170 g/mol. The normalized spacial score (nSPS) is 23.6. The fourth-order valence-corrected chi connectivity index (χ4v) is 1.27. The standard InChI is InChI=1S/C9H16NO2/c1-2-5-9(11)12-8-6-3-4-7-10-8/h8H,2-7H2,1H3. The second-order valence-corrected chi connectivity index (χ2v) is 3.10. The fraction of sp³-hybridized carbons (Fsp3) is 0.889. The first-order chi connectivity index (χ1) is 5.83. The summed E-state index contributed by atoms with van der Waals surface area (Å²) in [6.45, 7) is 2.82. The highest BCUT2D eigenvalue weighted by Gasteiger charge is 2.17. The van der Waals surface area contributed by atoms with Gasteiger partial charge in [0.1, 0.15) is 0 Å². The SMILES string of the molecule is CCCC(=O)OC1CCCC[N]1. The Morgan fingerprint density at radius 3 is 3.00 bits per heavy atom. The van der Waals surface area contributed by atoms with Crippen LogP contribution in [-0.2, 0) is 9.53 Å². The molecule has 1 aliphatic rings. The van der Waals surface area contributed by atoms with Crippen LogP contribution in [-0.4, -0.2) is 18.7 Å². The van der Waals surface area contributed by atoms with Gasteiger partial charge in [0.05, 0.1) is 0 Å². The number of carbonyl (C=O) groups is 1. The van der Waals surface area contributed by atoms with E-state index in [1.807, 2.05) is 6.92 Å². The van der Waals surface area contributed by atoms with Crippen LogP contribution in [0.3, 0.4) is 0 Å². The average molecular weight is 170 g/mol. The minimum atomic E-state index is -0.141. The van der Waals surface area contributed by atoms with Crippen LogP contribution in [0.2, 0.25) is 0 Å². The molecule has 1 rings (SSSR count). The summed E-state index contributed by atoms with van der Waals surface area (Å²) in [6.07, 6.45) is 4.42. The van der Waals surface area contributed by atoms with Crippen molar-refractivity contribution in [3.8, 4) is 0 Å². The first-order valence-corrected chi connectivity index (χ1v) is 4.69. The van der Waals surface area contributed by atoms with Crippen LogP contribution in [0, 0.1) is 0 Å². The predicted octanol–water partition coefficient (Wildman–Crippen LogP) is 1.44. The molecule has 0 aromatic heterocycles. The van der Waals surface area contributed by atoms with Crippen LogP contribution in [0.25, 0.3) is 0 Å². The van der Waals surface area contributed by atoms with E-state index in [9.17, 15) is 4.79 Å². The Bertz CT molecular complexity index is 141. The molecule has 0 aromatic rings. The minimum Gasteiger partial charge on any atom is -0.445 e. The van der Waals surface area contributed by atoms with Crippen molar-refractivity contribution >= 4 is 5.97 Å². The van der Waals surface area contributed by atoms with Crippen molar-refractivity contribution in [3.05, 3.63) is 0 Å². The number of nitrogens with zero attached hydrogens (tertiary/aromatic N) is 1. The molecule has 1 fully saturated rings. The lowest BCUT2D eigenvalue weighted by atomic mass is 10.1. The summed E-state index contributed by atoms with van der Waals surface area (Å²) < 4.78 is 5.13. The molecule has 0 aromatic carbocycles. The van der Waals surface area contributed by atoms with Gasteiger partial charge in [-0.1, -0.05) is 6.92 Å². The van der Waals surface area contributed by atoms with Crippen LogP contribution in [0.15, 0.2) is 0 Å². The highest BCUT2D eigenvalue weighted by molar-refractivity contribution is 5.69. The molecule has 1 unspecified atom stereocenters. The zero-order chi connectivity index (χ0) is 8.81. The van der Waals surface area contributed by atoms with Gasteiger partial charge in [0.15, 0.2) is 6.23 Å². The lowest BCUT2D eigenvalue weighted by Gasteiger charge is -2.21. The Kier molecular flexibility index (Phi) is 4.08.